The van der Waals surface area contributed by atoms with E-state index < -0.39 is 0 Å². The summed E-state index contributed by atoms with van der Waals surface area (Å²) in [6, 6.07) is 1.78. The molecular formula is C8H10N4O2. The molecule has 0 N–H and O–H groups in total. The van der Waals surface area contributed by atoms with E-state index in [1.807, 2.05) is 0 Å². The molecule has 74 valence electrons. The Morgan fingerprint density at radius 2 is 2.36 bits per heavy atom. The summed E-state index contributed by atoms with van der Waals surface area (Å²) in [5.41, 5.74) is 0.536. The highest BCUT2D eigenvalue weighted by Crippen LogP contribution is 2.01. The third-order valence-corrected chi connectivity index (χ3v) is 1.88. The zero-order valence-corrected chi connectivity index (χ0v) is 7.97. The topological polar surface area (TPSA) is 65.8 Å². The molecule has 2 aromatic heterocycles. The van der Waals surface area contributed by atoms with Crippen LogP contribution in [0.1, 0.15) is 11.5 Å². The fraction of sp³-hybridized carbons (Fsp3) is 0.375. The molecule has 2 rings (SSSR count). The van der Waals surface area contributed by atoms with Crippen molar-refractivity contribution in [1.29, 1.82) is 0 Å². The highest BCUT2D eigenvalue weighted by Gasteiger charge is 2.05. The lowest BCUT2D eigenvalue weighted by molar-refractivity contribution is 0.387. The van der Waals surface area contributed by atoms with Crippen LogP contribution in [0.3, 0.4) is 0 Å². The number of hydrogen-bond acceptors (Lipinski definition) is 4. The number of aromatic nitrogens is 4. The van der Waals surface area contributed by atoms with E-state index in [1.165, 1.54) is 15.6 Å². The molecular weight excluding hydrogens is 184 g/mol. The molecule has 0 saturated heterocycles. The SMILES string of the molecule is Cc1cc(Cn2ncn(C)c2=O)no1. The molecule has 2 heterocycles. The van der Waals surface area contributed by atoms with Crippen LogP contribution in [0, 0.1) is 6.92 Å². The lowest BCUT2D eigenvalue weighted by Crippen LogP contribution is -2.23. The minimum Gasteiger partial charge on any atom is -0.361 e. The lowest BCUT2D eigenvalue weighted by Gasteiger charge is -1.92. The lowest BCUT2D eigenvalue weighted by atomic mass is 10.4. The average molecular weight is 194 g/mol. The summed E-state index contributed by atoms with van der Waals surface area (Å²) in [6.45, 7) is 2.15. The first-order chi connectivity index (χ1) is 6.66. The molecule has 0 amide bonds. The Bertz CT molecular complexity index is 493. The van der Waals surface area contributed by atoms with Crippen LogP contribution in [0.5, 0.6) is 0 Å². The first kappa shape index (κ1) is 8.74. The van der Waals surface area contributed by atoms with Crippen molar-refractivity contribution in [3.05, 3.63) is 34.3 Å². The minimum atomic E-state index is -0.161. The van der Waals surface area contributed by atoms with E-state index in [0.29, 0.717) is 12.2 Å². The summed E-state index contributed by atoms with van der Waals surface area (Å²) in [6.07, 6.45) is 1.47. The van der Waals surface area contributed by atoms with Crippen molar-refractivity contribution in [3.8, 4) is 0 Å². The third kappa shape index (κ3) is 1.46. The van der Waals surface area contributed by atoms with Gasteiger partial charge in [-0.25, -0.2) is 9.48 Å². The van der Waals surface area contributed by atoms with Crippen LogP contribution in [0.25, 0.3) is 0 Å². The van der Waals surface area contributed by atoms with Crippen LogP contribution < -0.4 is 5.69 Å². The van der Waals surface area contributed by atoms with E-state index in [-0.39, 0.29) is 5.69 Å². The highest BCUT2D eigenvalue weighted by molar-refractivity contribution is 5.03. The standard InChI is InChI=1S/C8H10N4O2/c1-6-3-7(10-14-6)4-12-8(13)11(2)5-9-12/h3,5H,4H2,1-2H3. The first-order valence-corrected chi connectivity index (χ1v) is 4.17. The molecule has 14 heavy (non-hydrogen) atoms. The van der Waals surface area contributed by atoms with Gasteiger partial charge in [0, 0.05) is 13.1 Å². The predicted octanol–water partition coefficient (Wildman–Crippen LogP) is -0.0735. The molecule has 6 heteroatoms. The van der Waals surface area contributed by atoms with Crippen LogP contribution in [0.2, 0.25) is 0 Å². The largest absolute Gasteiger partial charge is 0.361 e. The normalized spacial score (nSPS) is 10.7. The van der Waals surface area contributed by atoms with Gasteiger partial charge < -0.3 is 4.52 Å². The Labute approximate surface area is 79.7 Å². The maximum absolute atomic E-state index is 11.4. The van der Waals surface area contributed by atoms with Gasteiger partial charge in [-0.2, -0.15) is 5.10 Å². The maximum Gasteiger partial charge on any atom is 0.345 e. The predicted molar refractivity (Wildman–Crippen MR) is 47.8 cm³/mol. The summed E-state index contributed by atoms with van der Waals surface area (Å²) in [4.78, 5) is 11.4. The van der Waals surface area contributed by atoms with Gasteiger partial charge in [-0.05, 0) is 6.92 Å². The van der Waals surface area contributed by atoms with Crippen LogP contribution in [0.4, 0.5) is 0 Å². The van der Waals surface area contributed by atoms with Crippen molar-refractivity contribution in [1.82, 2.24) is 19.5 Å². The molecule has 2 aromatic rings. The van der Waals surface area contributed by atoms with Gasteiger partial charge in [0.1, 0.15) is 17.8 Å². The van der Waals surface area contributed by atoms with Gasteiger partial charge in [-0.3, -0.25) is 4.57 Å². The molecule has 6 nitrogen and oxygen atoms in total. The number of aryl methyl sites for hydroxylation is 2. The van der Waals surface area contributed by atoms with Gasteiger partial charge in [-0.15, -0.1) is 0 Å². The molecule has 0 aromatic carbocycles. The van der Waals surface area contributed by atoms with Crippen molar-refractivity contribution >= 4 is 0 Å². The van der Waals surface area contributed by atoms with Crippen molar-refractivity contribution in [2.75, 3.05) is 0 Å². The van der Waals surface area contributed by atoms with Crippen molar-refractivity contribution in [2.45, 2.75) is 13.5 Å². The second-order valence-corrected chi connectivity index (χ2v) is 3.11. The number of hydrogen-bond donors (Lipinski definition) is 0. The average Bonchev–Trinajstić information content (AvgIpc) is 2.67. The second kappa shape index (κ2) is 3.13. The molecule has 0 unspecified atom stereocenters. The minimum absolute atomic E-state index is 0.161. The van der Waals surface area contributed by atoms with Crippen molar-refractivity contribution in [3.63, 3.8) is 0 Å². The first-order valence-electron chi connectivity index (χ1n) is 4.17. The van der Waals surface area contributed by atoms with E-state index in [0.717, 1.165) is 5.76 Å². The Morgan fingerprint density at radius 1 is 1.57 bits per heavy atom. The van der Waals surface area contributed by atoms with E-state index in [4.69, 9.17) is 4.52 Å². The second-order valence-electron chi connectivity index (χ2n) is 3.11. The van der Waals surface area contributed by atoms with Crippen LogP contribution in [-0.2, 0) is 13.6 Å². The van der Waals surface area contributed by atoms with Crippen molar-refractivity contribution in [2.24, 2.45) is 7.05 Å². The Morgan fingerprint density at radius 3 is 2.86 bits per heavy atom. The summed E-state index contributed by atoms with van der Waals surface area (Å²) in [7, 11) is 1.65. The van der Waals surface area contributed by atoms with Crippen LogP contribution >= 0.6 is 0 Å². The molecule has 0 fully saturated rings. The molecule has 0 radical (unpaired) electrons. The molecule has 0 spiro atoms. The Kier molecular flexibility index (Phi) is 1.95. The molecule has 0 saturated carbocycles. The van der Waals surface area contributed by atoms with E-state index >= 15 is 0 Å². The number of nitrogens with zero attached hydrogens (tertiary/aromatic N) is 4. The quantitative estimate of drug-likeness (QED) is 0.671. The zero-order valence-electron chi connectivity index (χ0n) is 7.97. The monoisotopic (exact) mass is 194 g/mol. The summed E-state index contributed by atoms with van der Waals surface area (Å²) in [5.74, 6) is 0.726. The fourth-order valence-corrected chi connectivity index (χ4v) is 1.18. The Balaban J connectivity index is 2.27. The maximum atomic E-state index is 11.4. The highest BCUT2D eigenvalue weighted by atomic mass is 16.5. The van der Waals surface area contributed by atoms with E-state index in [9.17, 15) is 4.79 Å². The van der Waals surface area contributed by atoms with E-state index in [2.05, 4.69) is 10.3 Å². The van der Waals surface area contributed by atoms with Crippen LogP contribution in [-0.4, -0.2) is 19.5 Å². The summed E-state index contributed by atoms with van der Waals surface area (Å²) < 4.78 is 7.62. The van der Waals surface area contributed by atoms with Crippen molar-refractivity contribution < 1.29 is 4.52 Å². The Hall–Kier alpha value is -1.85. The molecule has 0 aliphatic carbocycles. The molecule has 0 aliphatic heterocycles. The summed E-state index contributed by atoms with van der Waals surface area (Å²) >= 11 is 0. The molecule has 0 bridgehead atoms. The third-order valence-electron chi connectivity index (χ3n) is 1.88. The van der Waals surface area contributed by atoms with Crippen LogP contribution in [0.15, 0.2) is 21.7 Å². The molecule has 0 aliphatic rings. The van der Waals surface area contributed by atoms with E-state index in [1.54, 1.807) is 20.0 Å². The number of rotatable bonds is 2. The van der Waals surface area contributed by atoms with Gasteiger partial charge >= 0.3 is 5.69 Å². The zero-order chi connectivity index (χ0) is 10.1. The smallest absolute Gasteiger partial charge is 0.345 e. The summed E-state index contributed by atoms with van der Waals surface area (Å²) in [5, 5.41) is 7.68. The van der Waals surface area contributed by atoms with Gasteiger partial charge in [0.2, 0.25) is 0 Å². The van der Waals surface area contributed by atoms with Gasteiger partial charge in [-0.1, -0.05) is 5.16 Å². The molecule has 0 atom stereocenters. The van der Waals surface area contributed by atoms with Gasteiger partial charge in [0.25, 0.3) is 0 Å². The van der Waals surface area contributed by atoms with Gasteiger partial charge in [0.15, 0.2) is 0 Å². The van der Waals surface area contributed by atoms with Gasteiger partial charge in [0.05, 0.1) is 6.54 Å². The fourth-order valence-electron chi connectivity index (χ4n) is 1.18.